The second kappa shape index (κ2) is 6.92. The van der Waals surface area contributed by atoms with Gasteiger partial charge in [-0.05, 0) is 37.3 Å². The maximum atomic E-state index is 6.12. The van der Waals surface area contributed by atoms with Crippen LogP contribution >= 0.6 is 0 Å². The number of hydrogen-bond donors (Lipinski definition) is 1. The van der Waals surface area contributed by atoms with Crippen molar-refractivity contribution in [2.24, 2.45) is 5.73 Å². The zero-order valence-corrected chi connectivity index (χ0v) is 11.2. The predicted octanol–water partition coefficient (Wildman–Crippen LogP) is 1.88. The highest BCUT2D eigenvalue weighted by Crippen LogP contribution is 2.28. The second-order valence-electron chi connectivity index (χ2n) is 4.87. The summed E-state index contributed by atoms with van der Waals surface area (Å²) < 4.78 is 12.8. The number of fused-ring (bicyclic) bond motifs is 1. The van der Waals surface area contributed by atoms with E-state index in [2.05, 4.69) is 16.8 Å². The summed E-state index contributed by atoms with van der Waals surface area (Å²) in [7, 11) is 1.69. The molecule has 1 heterocycles. The first-order valence-electron chi connectivity index (χ1n) is 6.83. The van der Waals surface area contributed by atoms with Crippen LogP contribution in [0.1, 0.15) is 36.6 Å². The van der Waals surface area contributed by atoms with Gasteiger partial charge in [-0.1, -0.05) is 0 Å². The van der Waals surface area contributed by atoms with Gasteiger partial charge in [0.1, 0.15) is 0 Å². The Morgan fingerprint density at radius 1 is 1.39 bits per heavy atom. The number of aromatic nitrogens is 1. The van der Waals surface area contributed by atoms with Crippen LogP contribution in [0.4, 0.5) is 0 Å². The summed E-state index contributed by atoms with van der Waals surface area (Å²) >= 11 is 0. The molecule has 0 bridgehead atoms. The molecule has 1 unspecified atom stereocenters. The number of nitrogens with two attached hydrogens (primary N) is 1. The molecule has 1 aliphatic carbocycles. The zero-order valence-electron chi connectivity index (χ0n) is 11.2. The van der Waals surface area contributed by atoms with Crippen molar-refractivity contribution in [3.63, 3.8) is 0 Å². The Morgan fingerprint density at radius 2 is 2.28 bits per heavy atom. The van der Waals surface area contributed by atoms with Gasteiger partial charge in [0.05, 0.1) is 13.2 Å². The Balaban J connectivity index is 1.76. The van der Waals surface area contributed by atoms with E-state index in [4.69, 9.17) is 15.2 Å². The first-order valence-corrected chi connectivity index (χ1v) is 6.83. The Labute approximate surface area is 109 Å². The SMILES string of the molecule is COCCOCCCn1ccc2c1CCCC2N. The summed E-state index contributed by atoms with van der Waals surface area (Å²) in [5.74, 6) is 0. The molecular weight excluding hydrogens is 228 g/mol. The summed E-state index contributed by atoms with van der Waals surface area (Å²) in [5, 5.41) is 0. The van der Waals surface area contributed by atoms with Gasteiger partial charge < -0.3 is 19.8 Å². The van der Waals surface area contributed by atoms with E-state index in [1.54, 1.807) is 7.11 Å². The van der Waals surface area contributed by atoms with Crippen molar-refractivity contribution in [1.29, 1.82) is 0 Å². The number of methoxy groups -OCH3 is 1. The molecule has 1 aromatic heterocycles. The maximum absolute atomic E-state index is 6.12. The van der Waals surface area contributed by atoms with Gasteiger partial charge in [0.15, 0.2) is 0 Å². The van der Waals surface area contributed by atoms with Crippen molar-refractivity contribution < 1.29 is 9.47 Å². The van der Waals surface area contributed by atoms with Crippen LogP contribution in [0.15, 0.2) is 12.3 Å². The number of aryl methyl sites for hydroxylation is 1. The van der Waals surface area contributed by atoms with E-state index in [9.17, 15) is 0 Å². The molecule has 0 radical (unpaired) electrons. The quantitative estimate of drug-likeness (QED) is 0.754. The molecule has 0 aliphatic heterocycles. The number of nitrogens with zero attached hydrogens (tertiary/aromatic N) is 1. The monoisotopic (exact) mass is 252 g/mol. The van der Waals surface area contributed by atoms with Crippen LogP contribution in [0, 0.1) is 0 Å². The Morgan fingerprint density at radius 3 is 3.11 bits per heavy atom. The third-order valence-electron chi connectivity index (χ3n) is 3.56. The zero-order chi connectivity index (χ0) is 12.8. The van der Waals surface area contributed by atoms with Crippen LogP contribution in [0.2, 0.25) is 0 Å². The van der Waals surface area contributed by atoms with E-state index in [1.165, 1.54) is 24.1 Å². The lowest BCUT2D eigenvalue weighted by molar-refractivity contribution is 0.0679. The lowest BCUT2D eigenvalue weighted by atomic mass is 9.94. The fourth-order valence-electron chi connectivity index (χ4n) is 2.58. The molecule has 4 heteroatoms. The normalized spacial score (nSPS) is 18.9. The first-order chi connectivity index (χ1) is 8.83. The molecule has 1 aromatic rings. The fourth-order valence-corrected chi connectivity index (χ4v) is 2.58. The lowest BCUT2D eigenvalue weighted by Crippen LogP contribution is -2.18. The third-order valence-corrected chi connectivity index (χ3v) is 3.56. The van der Waals surface area contributed by atoms with Gasteiger partial charge in [0.2, 0.25) is 0 Å². The van der Waals surface area contributed by atoms with Crippen molar-refractivity contribution in [2.75, 3.05) is 26.9 Å². The van der Waals surface area contributed by atoms with Gasteiger partial charge in [-0.2, -0.15) is 0 Å². The van der Waals surface area contributed by atoms with Crippen molar-refractivity contribution in [2.45, 2.75) is 38.3 Å². The third kappa shape index (κ3) is 3.34. The van der Waals surface area contributed by atoms with Gasteiger partial charge in [-0.15, -0.1) is 0 Å². The van der Waals surface area contributed by atoms with Crippen molar-refractivity contribution in [1.82, 2.24) is 4.57 Å². The molecule has 0 saturated carbocycles. The topological polar surface area (TPSA) is 49.4 Å². The summed E-state index contributed by atoms with van der Waals surface area (Å²) in [5.41, 5.74) is 8.90. The molecule has 1 aliphatic rings. The molecule has 1 atom stereocenters. The van der Waals surface area contributed by atoms with E-state index < -0.39 is 0 Å². The second-order valence-corrected chi connectivity index (χ2v) is 4.87. The minimum absolute atomic E-state index is 0.243. The van der Waals surface area contributed by atoms with Crippen LogP contribution in [0.3, 0.4) is 0 Å². The molecule has 0 aromatic carbocycles. The Kier molecular flexibility index (Phi) is 5.23. The van der Waals surface area contributed by atoms with Crippen LogP contribution in [0.25, 0.3) is 0 Å². The fraction of sp³-hybridized carbons (Fsp3) is 0.714. The van der Waals surface area contributed by atoms with E-state index >= 15 is 0 Å². The van der Waals surface area contributed by atoms with Gasteiger partial charge in [-0.3, -0.25) is 0 Å². The molecule has 0 spiro atoms. The average molecular weight is 252 g/mol. The van der Waals surface area contributed by atoms with Gasteiger partial charge in [0, 0.05) is 38.2 Å². The van der Waals surface area contributed by atoms with Crippen LogP contribution in [0.5, 0.6) is 0 Å². The minimum atomic E-state index is 0.243. The number of rotatable bonds is 7. The Bertz CT molecular complexity index is 363. The molecule has 2 rings (SSSR count). The Hall–Kier alpha value is -0.840. The molecule has 2 N–H and O–H groups in total. The largest absolute Gasteiger partial charge is 0.382 e. The standard InChI is InChI=1S/C14H24N2O2/c1-17-10-11-18-9-3-7-16-8-6-12-13(15)4-2-5-14(12)16/h6,8,13H,2-5,7,9-11,15H2,1H3. The van der Waals surface area contributed by atoms with Crippen molar-refractivity contribution >= 4 is 0 Å². The summed E-state index contributed by atoms with van der Waals surface area (Å²) in [6, 6.07) is 2.43. The van der Waals surface area contributed by atoms with E-state index in [0.717, 1.165) is 26.0 Å². The van der Waals surface area contributed by atoms with Crippen LogP contribution in [-0.4, -0.2) is 31.5 Å². The van der Waals surface area contributed by atoms with E-state index in [1.807, 2.05) is 0 Å². The smallest absolute Gasteiger partial charge is 0.0700 e. The molecule has 0 amide bonds. The van der Waals surface area contributed by atoms with Crippen molar-refractivity contribution in [3.8, 4) is 0 Å². The van der Waals surface area contributed by atoms with Gasteiger partial charge in [-0.25, -0.2) is 0 Å². The predicted molar refractivity (Wildman–Crippen MR) is 71.6 cm³/mol. The average Bonchev–Trinajstić information content (AvgIpc) is 2.79. The minimum Gasteiger partial charge on any atom is -0.382 e. The van der Waals surface area contributed by atoms with Crippen molar-refractivity contribution in [3.05, 3.63) is 23.5 Å². The molecule has 0 fully saturated rings. The number of hydrogen-bond acceptors (Lipinski definition) is 3. The van der Waals surface area contributed by atoms with Gasteiger partial charge in [0.25, 0.3) is 0 Å². The van der Waals surface area contributed by atoms with Crippen LogP contribution < -0.4 is 5.73 Å². The van der Waals surface area contributed by atoms with E-state index in [-0.39, 0.29) is 6.04 Å². The highest BCUT2D eigenvalue weighted by molar-refractivity contribution is 5.28. The highest BCUT2D eigenvalue weighted by atomic mass is 16.5. The first kappa shape index (κ1) is 13.6. The molecule has 18 heavy (non-hydrogen) atoms. The summed E-state index contributed by atoms with van der Waals surface area (Å²) in [6.07, 6.45) is 6.71. The van der Waals surface area contributed by atoms with Gasteiger partial charge >= 0.3 is 0 Å². The van der Waals surface area contributed by atoms with E-state index in [0.29, 0.717) is 13.2 Å². The maximum Gasteiger partial charge on any atom is 0.0700 e. The summed E-state index contributed by atoms with van der Waals surface area (Å²) in [6.45, 7) is 3.18. The van der Waals surface area contributed by atoms with Crippen LogP contribution in [-0.2, 0) is 22.4 Å². The molecule has 102 valence electrons. The molecule has 0 saturated heterocycles. The molecule has 4 nitrogen and oxygen atoms in total. The summed E-state index contributed by atoms with van der Waals surface area (Å²) in [4.78, 5) is 0. The number of ether oxygens (including phenoxy) is 2. The lowest BCUT2D eigenvalue weighted by Gasteiger charge is -2.21. The highest BCUT2D eigenvalue weighted by Gasteiger charge is 2.19. The molecular formula is C14H24N2O2.